The van der Waals surface area contributed by atoms with Crippen molar-refractivity contribution < 1.29 is 0 Å². The molecule has 0 unspecified atom stereocenters. The van der Waals surface area contributed by atoms with Gasteiger partial charge in [-0.3, -0.25) is 0 Å². The molecule has 1 aliphatic carbocycles. The fourth-order valence-electron chi connectivity index (χ4n) is 1.57. The van der Waals surface area contributed by atoms with E-state index in [1.54, 1.807) is 0 Å². The molecule has 0 aromatic carbocycles. The number of guanidine groups is 1. The lowest BCUT2D eigenvalue weighted by Gasteiger charge is -2.09. The van der Waals surface area contributed by atoms with Gasteiger partial charge in [-0.1, -0.05) is 0 Å². The molecule has 88 valence electrons. The van der Waals surface area contributed by atoms with Crippen LogP contribution in [0.2, 0.25) is 0 Å². The summed E-state index contributed by atoms with van der Waals surface area (Å²) in [7, 11) is 2.03. The summed E-state index contributed by atoms with van der Waals surface area (Å²) in [5, 5.41) is 6.66. The SMILES string of the molecule is CCNC(=NCc1ccn(C)c1)NC1CC1. The van der Waals surface area contributed by atoms with Crippen LogP contribution in [0.1, 0.15) is 25.3 Å². The van der Waals surface area contributed by atoms with Crippen molar-refractivity contribution in [2.24, 2.45) is 12.0 Å². The summed E-state index contributed by atoms with van der Waals surface area (Å²) in [6.07, 6.45) is 6.70. The van der Waals surface area contributed by atoms with Crippen molar-refractivity contribution >= 4 is 5.96 Å². The largest absolute Gasteiger partial charge is 0.357 e. The van der Waals surface area contributed by atoms with Crippen LogP contribution in [0.5, 0.6) is 0 Å². The van der Waals surface area contributed by atoms with E-state index in [9.17, 15) is 0 Å². The molecule has 1 aliphatic rings. The first-order chi connectivity index (χ1) is 7.78. The standard InChI is InChI=1S/C12H20N4/c1-3-13-12(15-11-4-5-11)14-8-10-6-7-16(2)9-10/h6-7,9,11H,3-5,8H2,1-2H3,(H2,13,14,15). The van der Waals surface area contributed by atoms with Crippen LogP contribution in [0.4, 0.5) is 0 Å². The minimum Gasteiger partial charge on any atom is -0.357 e. The van der Waals surface area contributed by atoms with Crippen LogP contribution in [0.15, 0.2) is 23.5 Å². The Labute approximate surface area is 96.8 Å². The van der Waals surface area contributed by atoms with E-state index in [4.69, 9.17) is 0 Å². The van der Waals surface area contributed by atoms with Gasteiger partial charge >= 0.3 is 0 Å². The van der Waals surface area contributed by atoms with Crippen molar-refractivity contribution in [2.75, 3.05) is 6.54 Å². The smallest absolute Gasteiger partial charge is 0.191 e. The Balaban J connectivity index is 1.90. The van der Waals surface area contributed by atoms with E-state index in [0.717, 1.165) is 19.0 Å². The zero-order valence-electron chi connectivity index (χ0n) is 10.0. The van der Waals surface area contributed by atoms with Crippen LogP contribution in [-0.2, 0) is 13.6 Å². The van der Waals surface area contributed by atoms with Crippen LogP contribution in [0.25, 0.3) is 0 Å². The second kappa shape index (κ2) is 5.05. The van der Waals surface area contributed by atoms with Crippen molar-refractivity contribution in [1.82, 2.24) is 15.2 Å². The number of nitrogens with one attached hydrogen (secondary N) is 2. The minimum absolute atomic E-state index is 0.647. The van der Waals surface area contributed by atoms with Crippen LogP contribution < -0.4 is 10.6 Å². The molecule has 0 radical (unpaired) electrons. The van der Waals surface area contributed by atoms with Gasteiger partial charge in [-0.2, -0.15) is 0 Å². The number of nitrogens with zero attached hydrogens (tertiary/aromatic N) is 2. The predicted molar refractivity (Wildman–Crippen MR) is 66.4 cm³/mol. The lowest BCUT2D eigenvalue weighted by molar-refractivity contribution is 0.811. The van der Waals surface area contributed by atoms with Gasteiger partial charge in [0.1, 0.15) is 0 Å². The molecule has 0 atom stereocenters. The fourth-order valence-corrected chi connectivity index (χ4v) is 1.57. The molecule has 0 amide bonds. The molecule has 1 saturated carbocycles. The third-order valence-electron chi connectivity index (χ3n) is 2.58. The lowest BCUT2D eigenvalue weighted by Crippen LogP contribution is -2.38. The fraction of sp³-hybridized carbons (Fsp3) is 0.583. The van der Waals surface area contributed by atoms with E-state index in [1.165, 1.54) is 18.4 Å². The summed E-state index contributed by atoms with van der Waals surface area (Å²) in [4.78, 5) is 4.56. The molecule has 1 fully saturated rings. The summed E-state index contributed by atoms with van der Waals surface area (Å²) in [5.41, 5.74) is 1.25. The molecule has 1 aromatic rings. The third-order valence-corrected chi connectivity index (χ3v) is 2.58. The second-order valence-corrected chi connectivity index (χ2v) is 4.30. The first kappa shape index (κ1) is 11.0. The molecule has 0 aliphatic heterocycles. The summed E-state index contributed by atoms with van der Waals surface area (Å²) in [6.45, 7) is 3.74. The Kier molecular flexibility index (Phi) is 3.49. The molecule has 0 spiro atoms. The third kappa shape index (κ3) is 3.29. The molecule has 16 heavy (non-hydrogen) atoms. The summed E-state index contributed by atoms with van der Waals surface area (Å²) in [5.74, 6) is 0.939. The maximum Gasteiger partial charge on any atom is 0.191 e. The van der Waals surface area contributed by atoms with E-state index >= 15 is 0 Å². The lowest BCUT2D eigenvalue weighted by atomic mass is 10.3. The highest BCUT2D eigenvalue weighted by atomic mass is 15.2. The highest BCUT2D eigenvalue weighted by molar-refractivity contribution is 5.80. The van der Waals surface area contributed by atoms with Crippen LogP contribution in [0.3, 0.4) is 0 Å². The number of aliphatic imine (C=N–C) groups is 1. The Bertz CT molecular complexity index is 363. The Morgan fingerprint density at radius 3 is 2.94 bits per heavy atom. The van der Waals surface area contributed by atoms with Crippen LogP contribution in [-0.4, -0.2) is 23.1 Å². The second-order valence-electron chi connectivity index (χ2n) is 4.30. The van der Waals surface area contributed by atoms with Gasteiger partial charge in [-0.05, 0) is 31.4 Å². The number of aryl methyl sites for hydroxylation is 1. The molecule has 4 heteroatoms. The van der Waals surface area contributed by atoms with E-state index in [1.807, 2.05) is 17.8 Å². The van der Waals surface area contributed by atoms with Crippen LogP contribution >= 0.6 is 0 Å². The maximum absolute atomic E-state index is 4.56. The van der Waals surface area contributed by atoms with E-state index < -0.39 is 0 Å². The van der Waals surface area contributed by atoms with Crippen molar-refractivity contribution in [3.63, 3.8) is 0 Å². The van der Waals surface area contributed by atoms with Crippen molar-refractivity contribution in [1.29, 1.82) is 0 Å². The molecular weight excluding hydrogens is 200 g/mol. The highest BCUT2D eigenvalue weighted by Crippen LogP contribution is 2.18. The number of hydrogen-bond donors (Lipinski definition) is 2. The molecular formula is C12H20N4. The number of hydrogen-bond acceptors (Lipinski definition) is 1. The van der Waals surface area contributed by atoms with Gasteiger partial charge in [0.15, 0.2) is 5.96 Å². The Morgan fingerprint density at radius 1 is 1.56 bits per heavy atom. The molecule has 0 saturated heterocycles. The average molecular weight is 220 g/mol. The summed E-state index contributed by atoms with van der Waals surface area (Å²) >= 11 is 0. The zero-order chi connectivity index (χ0) is 11.4. The minimum atomic E-state index is 0.647. The van der Waals surface area contributed by atoms with Gasteiger partial charge in [-0.25, -0.2) is 4.99 Å². The monoisotopic (exact) mass is 220 g/mol. The zero-order valence-corrected chi connectivity index (χ0v) is 10.0. The summed E-state index contributed by atoms with van der Waals surface area (Å²) in [6, 6.07) is 2.75. The number of rotatable bonds is 4. The van der Waals surface area contributed by atoms with Gasteiger partial charge < -0.3 is 15.2 Å². The molecule has 2 rings (SSSR count). The predicted octanol–water partition coefficient (Wildman–Crippen LogP) is 1.24. The van der Waals surface area contributed by atoms with E-state index in [0.29, 0.717) is 6.04 Å². The normalized spacial score (nSPS) is 16.2. The molecule has 4 nitrogen and oxygen atoms in total. The number of aromatic nitrogens is 1. The highest BCUT2D eigenvalue weighted by Gasteiger charge is 2.21. The van der Waals surface area contributed by atoms with Crippen molar-refractivity contribution in [2.45, 2.75) is 32.4 Å². The topological polar surface area (TPSA) is 41.4 Å². The van der Waals surface area contributed by atoms with Gasteiger partial charge in [0, 0.05) is 32.0 Å². The van der Waals surface area contributed by atoms with Crippen molar-refractivity contribution in [3.05, 3.63) is 24.0 Å². The molecule has 0 bridgehead atoms. The van der Waals surface area contributed by atoms with Gasteiger partial charge in [-0.15, -0.1) is 0 Å². The first-order valence-corrected chi connectivity index (χ1v) is 5.93. The van der Waals surface area contributed by atoms with E-state index in [-0.39, 0.29) is 0 Å². The molecule has 2 N–H and O–H groups in total. The Hall–Kier alpha value is -1.45. The molecule has 1 aromatic heterocycles. The summed E-state index contributed by atoms with van der Waals surface area (Å²) < 4.78 is 2.05. The van der Waals surface area contributed by atoms with Gasteiger partial charge in [0.05, 0.1) is 6.54 Å². The maximum atomic E-state index is 4.56. The average Bonchev–Trinajstić information content (AvgIpc) is 2.97. The van der Waals surface area contributed by atoms with Crippen molar-refractivity contribution in [3.8, 4) is 0 Å². The van der Waals surface area contributed by atoms with Crippen LogP contribution in [0, 0.1) is 0 Å². The Morgan fingerprint density at radius 2 is 2.38 bits per heavy atom. The van der Waals surface area contributed by atoms with Gasteiger partial charge in [0.2, 0.25) is 0 Å². The quantitative estimate of drug-likeness (QED) is 0.592. The van der Waals surface area contributed by atoms with E-state index in [2.05, 4.69) is 34.8 Å². The first-order valence-electron chi connectivity index (χ1n) is 5.93. The molecule has 1 heterocycles. The van der Waals surface area contributed by atoms with Gasteiger partial charge in [0.25, 0.3) is 0 Å².